The summed E-state index contributed by atoms with van der Waals surface area (Å²) >= 11 is 2.31. The van der Waals surface area contributed by atoms with Crippen LogP contribution in [0.25, 0.3) is 0 Å². The summed E-state index contributed by atoms with van der Waals surface area (Å²) in [4.78, 5) is 8.04. The van der Waals surface area contributed by atoms with E-state index in [-0.39, 0.29) is 0 Å². The van der Waals surface area contributed by atoms with Crippen LogP contribution in [0.3, 0.4) is 0 Å². The third-order valence-corrected chi connectivity index (χ3v) is 3.06. The first-order valence-electron chi connectivity index (χ1n) is 4.77. The molecule has 78 valence electrons. The Kier molecular flexibility index (Phi) is 3.35. The van der Waals surface area contributed by atoms with E-state index in [1.54, 1.807) is 18.5 Å². The summed E-state index contributed by atoms with van der Waals surface area (Å²) in [5.41, 5.74) is 0. The molecule has 2 rings (SSSR count). The lowest BCUT2D eigenvalue weighted by atomic mass is 10.0. The van der Waals surface area contributed by atoms with Crippen molar-refractivity contribution in [3.8, 4) is 6.01 Å². The van der Waals surface area contributed by atoms with Gasteiger partial charge in [0.15, 0.2) is 0 Å². The molecule has 15 heavy (non-hydrogen) atoms. The highest BCUT2D eigenvalue weighted by Crippen LogP contribution is 2.28. The van der Waals surface area contributed by atoms with Crippen LogP contribution in [0.5, 0.6) is 6.01 Å². The molecule has 4 heteroatoms. The summed E-state index contributed by atoms with van der Waals surface area (Å²) < 4.78 is 6.80. The van der Waals surface area contributed by atoms with Gasteiger partial charge < -0.3 is 4.74 Å². The summed E-state index contributed by atoms with van der Waals surface area (Å²) in [6, 6.07) is 2.17. The molecule has 3 nitrogen and oxygen atoms in total. The minimum Gasteiger partial charge on any atom is -0.424 e. The summed E-state index contributed by atoms with van der Waals surface area (Å²) in [5.74, 6) is 1.45. The molecule has 0 radical (unpaired) electrons. The molecule has 1 aliphatic rings. The number of rotatable bonds is 2. The summed E-state index contributed by atoms with van der Waals surface area (Å²) in [6.07, 6.45) is 8.50. The molecule has 0 bridgehead atoms. The average Bonchev–Trinajstić information content (AvgIpc) is 2.24. The predicted molar refractivity (Wildman–Crippen MR) is 66.6 cm³/mol. The fraction of sp³-hybridized carbons (Fsp3) is 0.273. The predicted octanol–water partition coefficient (Wildman–Crippen LogP) is 3.10. The van der Waals surface area contributed by atoms with Gasteiger partial charge in [0.1, 0.15) is 5.76 Å². The van der Waals surface area contributed by atoms with Crippen molar-refractivity contribution in [2.75, 3.05) is 0 Å². The highest BCUT2D eigenvalue weighted by Gasteiger charge is 2.13. The third-order valence-electron chi connectivity index (χ3n) is 2.09. The highest BCUT2D eigenvalue weighted by molar-refractivity contribution is 14.1. The van der Waals surface area contributed by atoms with Gasteiger partial charge in [-0.25, -0.2) is 9.97 Å². The fourth-order valence-electron chi connectivity index (χ4n) is 1.32. The average molecular weight is 314 g/mol. The molecule has 0 spiro atoms. The molecule has 0 saturated heterocycles. The zero-order chi connectivity index (χ0) is 10.7. The lowest BCUT2D eigenvalue weighted by molar-refractivity contribution is 0.399. The minimum absolute atomic E-state index is 0.404. The second kappa shape index (κ2) is 4.74. The number of hydrogen-bond donors (Lipinski definition) is 0. The fourth-order valence-corrected chi connectivity index (χ4v) is 2.30. The van der Waals surface area contributed by atoms with Crippen LogP contribution in [0.4, 0.5) is 0 Å². The quantitative estimate of drug-likeness (QED) is 0.787. The van der Waals surface area contributed by atoms with Gasteiger partial charge >= 0.3 is 6.01 Å². The van der Waals surface area contributed by atoms with E-state index in [1.807, 2.05) is 6.08 Å². The van der Waals surface area contributed by atoms with E-state index >= 15 is 0 Å². The van der Waals surface area contributed by atoms with Crippen LogP contribution in [-0.4, -0.2) is 9.97 Å². The van der Waals surface area contributed by atoms with Crippen molar-refractivity contribution in [3.05, 3.63) is 40.0 Å². The molecule has 1 atom stereocenters. The first-order valence-corrected chi connectivity index (χ1v) is 5.85. The Morgan fingerprint density at radius 2 is 2.13 bits per heavy atom. The maximum absolute atomic E-state index is 5.58. The van der Waals surface area contributed by atoms with Crippen LogP contribution in [0.1, 0.15) is 13.3 Å². The van der Waals surface area contributed by atoms with Crippen molar-refractivity contribution in [1.29, 1.82) is 0 Å². The normalized spacial score (nSPS) is 20.5. The maximum atomic E-state index is 5.58. The van der Waals surface area contributed by atoms with Gasteiger partial charge in [-0.05, 0) is 47.1 Å². The van der Waals surface area contributed by atoms with Crippen LogP contribution >= 0.6 is 22.6 Å². The van der Waals surface area contributed by atoms with E-state index in [4.69, 9.17) is 4.74 Å². The number of halogens is 1. The number of ether oxygens (including phenoxy) is 1. The maximum Gasteiger partial charge on any atom is 0.321 e. The van der Waals surface area contributed by atoms with Gasteiger partial charge in [0.05, 0.1) is 0 Å². The lowest BCUT2D eigenvalue weighted by Gasteiger charge is -2.15. The van der Waals surface area contributed by atoms with Crippen LogP contribution in [0.2, 0.25) is 0 Å². The van der Waals surface area contributed by atoms with Crippen molar-refractivity contribution in [1.82, 2.24) is 9.97 Å². The zero-order valence-corrected chi connectivity index (χ0v) is 10.5. The van der Waals surface area contributed by atoms with Crippen molar-refractivity contribution < 1.29 is 4.74 Å². The molecule has 1 aromatic heterocycles. The van der Waals surface area contributed by atoms with Crippen molar-refractivity contribution >= 4 is 22.6 Å². The number of allylic oxidation sites excluding steroid dienone is 3. The summed E-state index contributed by atoms with van der Waals surface area (Å²) in [5, 5.41) is 0. The first kappa shape index (κ1) is 10.6. The van der Waals surface area contributed by atoms with Crippen LogP contribution in [-0.2, 0) is 0 Å². The van der Waals surface area contributed by atoms with E-state index < -0.39 is 0 Å². The molecule has 0 saturated carbocycles. The van der Waals surface area contributed by atoms with E-state index in [0.717, 1.165) is 12.2 Å². The van der Waals surface area contributed by atoms with Gasteiger partial charge in [-0.3, -0.25) is 0 Å². The van der Waals surface area contributed by atoms with E-state index in [9.17, 15) is 0 Å². The van der Waals surface area contributed by atoms with Gasteiger partial charge in [0.25, 0.3) is 0 Å². The monoisotopic (exact) mass is 314 g/mol. The molecular formula is C11H11IN2O. The minimum atomic E-state index is 0.404. The van der Waals surface area contributed by atoms with Gasteiger partial charge in [0, 0.05) is 16.0 Å². The second-order valence-electron chi connectivity index (χ2n) is 3.44. The summed E-state index contributed by atoms with van der Waals surface area (Å²) in [6.45, 7) is 2.19. The SMILES string of the molecule is CC1C=CC(Oc2ncccn2)=C(I)C1. The van der Waals surface area contributed by atoms with Gasteiger partial charge in [0.2, 0.25) is 0 Å². The Bertz CT molecular complexity index is 400. The Labute approximate surface area is 102 Å². The molecule has 1 heterocycles. The summed E-state index contributed by atoms with van der Waals surface area (Å²) in [7, 11) is 0. The number of nitrogens with zero attached hydrogens (tertiary/aromatic N) is 2. The largest absolute Gasteiger partial charge is 0.424 e. The Morgan fingerprint density at radius 3 is 2.80 bits per heavy atom. The molecular weight excluding hydrogens is 303 g/mol. The van der Waals surface area contributed by atoms with Gasteiger partial charge in [-0.1, -0.05) is 13.0 Å². The topological polar surface area (TPSA) is 35.0 Å². The third kappa shape index (κ3) is 2.77. The number of aromatic nitrogens is 2. The van der Waals surface area contributed by atoms with Crippen molar-refractivity contribution in [3.63, 3.8) is 0 Å². The molecule has 1 aliphatic carbocycles. The van der Waals surface area contributed by atoms with E-state index in [2.05, 4.69) is 45.6 Å². The van der Waals surface area contributed by atoms with Gasteiger partial charge in [-0.15, -0.1) is 0 Å². The van der Waals surface area contributed by atoms with Crippen molar-refractivity contribution in [2.45, 2.75) is 13.3 Å². The smallest absolute Gasteiger partial charge is 0.321 e. The second-order valence-corrected chi connectivity index (χ2v) is 4.75. The molecule has 1 unspecified atom stereocenters. The molecule has 0 amide bonds. The van der Waals surface area contributed by atoms with Crippen LogP contribution < -0.4 is 4.74 Å². The Morgan fingerprint density at radius 1 is 1.40 bits per heavy atom. The first-order chi connectivity index (χ1) is 7.25. The Balaban J connectivity index is 2.14. The molecule has 0 fully saturated rings. The highest BCUT2D eigenvalue weighted by atomic mass is 127. The van der Waals surface area contributed by atoms with E-state index in [0.29, 0.717) is 11.9 Å². The molecule has 0 N–H and O–H groups in total. The Hall–Kier alpha value is -0.910. The van der Waals surface area contributed by atoms with Gasteiger partial charge in [-0.2, -0.15) is 0 Å². The van der Waals surface area contributed by atoms with E-state index in [1.165, 1.54) is 3.58 Å². The van der Waals surface area contributed by atoms with Crippen LogP contribution in [0.15, 0.2) is 40.0 Å². The molecule has 0 aromatic carbocycles. The van der Waals surface area contributed by atoms with Crippen molar-refractivity contribution in [2.24, 2.45) is 5.92 Å². The van der Waals surface area contributed by atoms with Crippen LogP contribution in [0, 0.1) is 5.92 Å². The standard InChI is InChI=1S/C11H11IN2O/c1-8-3-4-10(9(12)7-8)15-11-13-5-2-6-14-11/h2-6,8H,7H2,1H3. The zero-order valence-electron chi connectivity index (χ0n) is 8.35. The lowest BCUT2D eigenvalue weighted by Crippen LogP contribution is -2.04. The number of hydrogen-bond acceptors (Lipinski definition) is 3. The molecule has 1 aromatic rings. The molecule has 0 aliphatic heterocycles.